The second kappa shape index (κ2) is 9.41. The number of rotatable bonds is 7. The van der Waals surface area contributed by atoms with Crippen LogP contribution in [0.2, 0.25) is 0 Å². The maximum atomic E-state index is 12.7. The number of nitrogens with two attached hydrogens (primary N) is 1. The Morgan fingerprint density at radius 2 is 2.10 bits per heavy atom. The fourth-order valence-corrected chi connectivity index (χ4v) is 3.64. The molecule has 11 nitrogen and oxygen atoms in total. The molecule has 1 atom stereocenters. The van der Waals surface area contributed by atoms with Crippen LogP contribution in [0.25, 0.3) is 0 Å². The van der Waals surface area contributed by atoms with E-state index in [9.17, 15) is 14.4 Å². The molecule has 2 aromatic rings. The van der Waals surface area contributed by atoms with Crippen molar-refractivity contribution in [2.75, 3.05) is 18.9 Å². The van der Waals surface area contributed by atoms with Gasteiger partial charge in [0.2, 0.25) is 5.91 Å². The van der Waals surface area contributed by atoms with E-state index in [1.165, 1.54) is 23.9 Å². The van der Waals surface area contributed by atoms with Crippen LogP contribution < -0.4 is 27.0 Å². The van der Waals surface area contributed by atoms with E-state index >= 15 is 0 Å². The van der Waals surface area contributed by atoms with E-state index in [1.54, 1.807) is 20.0 Å². The Labute approximate surface area is 176 Å². The topological polar surface area (TPSA) is 164 Å². The van der Waals surface area contributed by atoms with Crippen LogP contribution in [0.1, 0.15) is 50.1 Å². The fourth-order valence-electron chi connectivity index (χ4n) is 2.82. The lowest BCUT2D eigenvalue weighted by molar-refractivity contribution is -0.116. The van der Waals surface area contributed by atoms with Crippen molar-refractivity contribution in [3.05, 3.63) is 45.6 Å². The maximum Gasteiger partial charge on any atom is 0.270 e. The van der Waals surface area contributed by atoms with Crippen molar-refractivity contribution in [2.45, 2.75) is 25.8 Å². The summed E-state index contributed by atoms with van der Waals surface area (Å²) in [6.07, 6.45) is 5.01. The third-order valence-corrected chi connectivity index (χ3v) is 5.50. The first-order valence-corrected chi connectivity index (χ1v) is 10.0. The molecule has 0 saturated heterocycles. The molecule has 0 aliphatic carbocycles. The number of thiazole rings is 1. The van der Waals surface area contributed by atoms with E-state index in [4.69, 9.17) is 5.73 Å². The third-order valence-electron chi connectivity index (χ3n) is 4.33. The number of nitrogens with zero attached hydrogens (tertiary/aromatic N) is 3. The number of hydrogen-bond donors (Lipinski definition) is 5. The Bertz CT molecular complexity index is 1000. The van der Waals surface area contributed by atoms with Gasteiger partial charge < -0.3 is 27.0 Å². The first-order valence-electron chi connectivity index (χ1n) is 9.22. The summed E-state index contributed by atoms with van der Waals surface area (Å²) in [4.78, 5) is 49.4. The van der Waals surface area contributed by atoms with Crippen LogP contribution in [-0.4, -0.2) is 46.3 Å². The Kier molecular flexibility index (Phi) is 6.69. The molecule has 6 N–H and O–H groups in total. The second-order valence-corrected chi connectivity index (χ2v) is 7.48. The Hall–Kier alpha value is -3.38. The molecule has 1 aliphatic heterocycles. The molecule has 0 spiro atoms. The third kappa shape index (κ3) is 4.78. The minimum atomic E-state index is -0.448. The number of carbonyl (C=O) groups excluding carboxylic acids is 3. The summed E-state index contributed by atoms with van der Waals surface area (Å²) in [6.45, 7) is 2.05. The average molecular weight is 430 g/mol. The SMILES string of the molecule is CN/C(=C\CN)NC(=O)c1cnc([C@@H](C)NC(=O)c2ncnc3c2CCC(=O)N3)s1. The molecule has 2 aromatic heterocycles. The number of amides is 3. The molecule has 0 radical (unpaired) electrons. The molecular weight excluding hydrogens is 408 g/mol. The Morgan fingerprint density at radius 1 is 1.30 bits per heavy atom. The highest BCUT2D eigenvalue weighted by Crippen LogP contribution is 2.24. The first-order chi connectivity index (χ1) is 14.4. The number of hydrogen-bond acceptors (Lipinski definition) is 9. The van der Waals surface area contributed by atoms with E-state index in [-0.39, 0.29) is 30.5 Å². The quantitative estimate of drug-likeness (QED) is 0.411. The summed E-state index contributed by atoms with van der Waals surface area (Å²) in [6, 6.07) is -0.448. The lowest BCUT2D eigenvalue weighted by atomic mass is 10.0. The minimum Gasteiger partial charge on any atom is -0.375 e. The highest BCUT2D eigenvalue weighted by molar-refractivity contribution is 7.13. The van der Waals surface area contributed by atoms with E-state index in [1.807, 2.05) is 0 Å². The van der Waals surface area contributed by atoms with Crippen molar-refractivity contribution in [2.24, 2.45) is 5.73 Å². The fraction of sp³-hybridized carbons (Fsp3) is 0.333. The van der Waals surface area contributed by atoms with Gasteiger partial charge in [0.15, 0.2) is 0 Å². The van der Waals surface area contributed by atoms with Crippen LogP contribution in [0, 0.1) is 0 Å². The monoisotopic (exact) mass is 430 g/mol. The van der Waals surface area contributed by atoms with Gasteiger partial charge in [0.25, 0.3) is 11.8 Å². The molecule has 158 valence electrons. The molecule has 1 aliphatic rings. The van der Waals surface area contributed by atoms with Crippen molar-refractivity contribution >= 4 is 34.9 Å². The van der Waals surface area contributed by atoms with Crippen LogP contribution in [0.15, 0.2) is 24.4 Å². The van der Waals surface area contributed by atoms with Gasteiger partial charge in [0.1, 0.15) is 33.5 Å². The molecule has 0 unspecified atom stereocenters. The maximum absolute atomic E-state index is 12.7. The zero-order valence-electron chi connectivity index (χ0n) is 16.5. The molecule has 3 amide bonds. The summed E-state index contributed by atoms with van der Waals surface area (Å²) in [7, 11) is 1.68. The van der Waals surface area contributed by atoms with Gasteiger partial charge in [-0.2, -0.15) is 0 Å². The molecule has 30 heavy (non-hydrogen) atoms. The number of fused-ring (bicyclic) bond motifs is 1. The summed E-state index contributed by atoms with van der Waals surface area (Å²) >= 11 is 1.17. The molecule has 3 rings (SSSR count). The van der Waals surface area contributed by atoms with Crippen molar-refractivity contribution in [3.8, 4) is 0 Å². The zero-order chi connectivity index (χ0) is 21.7. The number of carbonyl (C=O) groups is 3. The van der Waals surface area contributed by atoms with Gasteiger partial charge in [-0.25, -0.2) is 15.0 Å². The second-order valence-electron chi connectivity index (χ2n) is 6.41. The molecule has 0 aromatic carbocycles. The van der Waals surface area contributed by atoms with Gasteiger partial charge in [-0.1, -0.05) is 0 Å². The van der Waals surface area contributed by atoms with Crippen molar-refractivity contribution in [1.29, 1.82) is 0 Å². The van der Waals surface area contributed by atoms with Crippen LogP contribution in [0.5, 0.6) is 0 Å². The summed E-state index contributed by atoms with van der Waals surface area (Å²) in [5, 5.41) is 11.6. The van der Waals surface area contributed by atoms with Gasteiger partial charge in [-0.3, -0.25) is 14.4 Å². The molecule has 12 heteroatoms. The molecule has 0 fully saturated rings. The highest BCUT2D eigenvalue weighted by Gasteiger charge is 2.25. The molecule has 0 bridgehead atoms. The predicted octanol–water partition coefficient (Wildman–Crippen LogP) is 0.0581. The van der Waals surface area contributed by atoms with E-state index in [0.29, 0.717) is 33.5 Å². The van der Waals surface area contributed by atoms with Crippen molar-refractivity contribution < 1.29 is 14.4 Å². The number of nitrogens with one attached hydrogen (secondary N) is 4. The minimum absolute atomic E-state index is 0.141. The van der Waals surface area contributed by atoms with Crippen LogP contribution in [-0.2, 0) is 11.2 Å². The van der Waals surface area contributed by atoms with E-state index in [2.05, 4.69) is 36.2 Å². The smallest absolute Gasteiger partial charge is 0.270 e. The molecular formula is C18H22N8O3S. The van der Waals surface area contributed by atoms with Gasteiger partial charge in [0.05, 0.1) is 12.2 Å². The Morgan fingerprint density at radius 3 is 2.83 bits per heavy atom. The lowest BCUT2D eigenvalue weighted by Gasteiger charge is -2.18. The molecule has 0 saturated carbocycles. The summed E-state index contributed by atoms with van der Waals surface area (Å²) in [5.74, 6) is -0.0106. The van der Waals surface area contributed by atoms with Gasteiger partial charge in [-0.05, 0) is 19.4 Å². The van der Waals surface area contributed by atoms with Gasteiger partial charge >= 0.3 is 0 Å². The van der Waals surface area contributed by atoms with Gasteiger partial charge in [-0.15, -0.1) is 11.3 Å². The van der Waals surface area contributed by atoms with E-state index < -0.39 is 11.9 Å². The number of aromatic nitrogens is 3. The van der Waals surface area contributed by atoms with E-state index in [0.717, 1.165) is 0 Å². The Balaban J connectivity index is 1.69. The molecule has 3 heterocycles. The normalized spacial score (nSPS) is 14.4. The number of anilines is 1. The van der Waals surface area contributed by atoms with Crippen molar-refractivity contribution in [1.82, 2.24) is 30.9 Å². The van der Waals surface area contributed by atoms with Crippen LogP contribution >= 0.6 is 11.3 Å². The average Bonchev–Trinajstić information content (AvgIpc) is 3.23. The summed E-state index contributed by atoms with van der Waals surface area (Å²) < 4.78 is 0. The standard InChI is InChI=1S/C18H22N8O3S/c1-9(18-21-7-11(30-18)16(28)25-12(20-2)5-6-19)24-17(29)14-10-3-4-13(27)26-15(10)23-8-22-14/h5,7-9,20H,3-4,6,19H2,1-2H3,(H,24,29)(H,25,28)(H,22,23,26,27)/b12-5+/t9-/m1/s1. The van der Waals surface area contributed by atoms with Crippen LogP contribution in [0.3, 0.4) is 0 Å². The largest absolute Gasteiger partial charge is 0.375 e. The first kappa shape index (κ1) is 21.3. The van der Waals surface area contributed by atoms with Gasteiger partial charge in [0, 0.05) is 25.6 Å². The predicted molar refractivity (Wildman–Crippen MR) is 111 cm³/mol. The summed E-state index contributed by atoms with van der Waals surface area (Å²) in [5.41, 5.74) is 6.28. The van der Waals surface area contributed by atoms with Crippen LogP contribution in [0.4, 0.5) is 5.82 Å². The van der Waals surface area contributed by atoms with Crippen molar-refractivity contribution in [3.63, 3.8) is 0 Å². The lowest BCUT2D eigenvalue weighted by Crippen LogP contribution is -2.30. The zero-order valence-corrected chi connectivity index (χ0v) is 17.3. The highest BCUT2D eigenvalue weighted by atomic mass is 32.1.